The average Bonchev–Trinajstić information content (AvgIpc) is 3.44. The Morgan fingerprint density at radius 3 is 1.55 bits per heavy atom. The predicted molar refractivity (Wildman–Crippen MR) is 208 cm³/mol. The van der Waals surface area contributed by atoms with Crippen LogP contribution in [0.2, 0.25) is 0 Å². The lowest BCUT2D eigenvalue weighted by atomic mass is 9.79. The van der Waals surface area contributed by atoms with E-state index in [9.17, 15) is 28.8 Å². The Balaban J connectivity index is 1.20. The fourth-order valence-corrected chi connectivity index (χ4v) is 9.29. The molecule has 5 aromatic rings. The summed E-state index contributed by atoms with van der Waals surface area (Å²) >= 11 is 0. The Bertz CT molecular complexity index is 2290. The van der Waals surface area contributed by atoms with Crippen molar-refractivity contribution < 1.29 is 55.5 Å². The predicted octanol–water partition coefficient (Wildman–Crippen LogP) is 9.28. The molecule has 0 spiro atoms. The summed E-state index contributed by atoms with van der Waals surface area (Å²) in [5.74, 6) is -3.18. The Labute approximate surface area is 333 Å². The van der Waals surface area contributed by atoms with Crippen molar-refractivity contribution in [1.82, 2.24) is 4.90 Å². The van der Waals surface area contributed by atoms with Crippen LogP contribution in [0.5, 0.6) is 23.0 Å². The third-order valence-corrected chi connectivity index (χ3v) is 11.9. The number of amides is 1. The SMILES string of the molecule is C[C@@H](OP(=O)(Oc1ccccc1)Oc1ccccc1)C1C(=O)N2C(C(=O)OCc3ccc([N+](=O)[O-])cc3)=C(OP(=O)(Oc3ccccc3)Oc3ccccc3)[C@H](C)[C@H]12. The van der Waals surface area contributed by atoms with Gasteiger partial charge in [0.05, 0.1) is 23.0 Å². The van der Waals surface area contributed by atoms with Crippen LogP contribution in [0.1, 0.15) is 19.4 Å². The Hall–Kier alpha value is -6.40. The van der Waals surface area contributed by atoms with Crippen molar-refractivity contribution in [3.05, 3.63) is 173 Å². The lowest BCUT2D eigenvalue weighted by molar-refractivity contribution is -0.384. The molecule has 0 aromatic heterocycles. The highest BCUT2D eigenvalue weighted by Crippen LogP contribution is 2.59. The lowest BCUT2D eigenvalue weighted by Gasteiger charge is -2.47. The standard InChI is InChI=1S/C41H36N2O13P2/c1-28-37-36(29(2)51-57(48,52-32-15-7-3-8-16-32)53-33-17-9-4-10-18-33)40(44)42(37)38(41(45)50-27-30-23-25-31(26-24-30)43(46)47)39(28)56-58(49,54-34-19-11-5-12-20-34)55-35-21-13-6-14-22-35/h3-26,28-29,36-37H,27H2,1-2H3/t28-,29-,36?,37-/m1/s1. The molecule has 1 saturated heterocycles. The number of ether oxygens (including phenoxy) is 1. The molecule has 2 aliphatic rings. The number of nitrogens with zero attached hydrogens (tertiary/aromatic N) is 2. The van der Waals surface area contributed by atoms with Crippen LogP contribution in [0, 0.1) is 22.0 Å². The molecule has 1 fully saturated rings. The molecule has 1 unspecified atom stereocenters. The fourth-order valence-electron chi connectivity index (χ4n) is 6.50. The van der Waals surface area contributed by atoms with Crippen LogP contribution >= 0.6 is 15.6 Å². The molecule has 2 aliphatic heterocycles. The quantitative estimate of drug-likeness (QED) is 0.0285. The third-order valence-electron chi connectivity index (χ3n) is 9.15. The van der Waals surface area contributed by atoms with E-state index in [1.54, 1.807) is 104 Å². The molecule has 0 bridgehead atoms. The van der Waals surface area contributed by atoms with Gasteiger partial charge >= 0.3 is 21.6 Å². The summed E-state index contributed by atoms with van der Waals surface area (Å²) in [6.45, 7) is 2.83. The van der Waals surface area contributed by atoms with Crippen molar-refractivity contribution in [3.63, 3.8) is 0 Å². The molecule has 15 nitrogen and oxygen atoms in total. The lowest BCUT2D eigenvalue weighted by Crippen LogP contribution is -2.64. The highest BCUT2D eigenvalue weighted by molar-refractivity contribution is 7.49. The molecule has 4 atom stereocenters. The molecule has 5 aromatic carbocycles. The van der Waals surface area contributed by atoms with E-state index in [4.69, 9.17) is 31.9 Å². The van der Waals surface area contributed by atoms with Crippen molar-refractivity contribution in [1.29, 1.82) is 0 Å². The maximum absolute atomic E-state index is 14.6. The number of rotatable bonds is 17. The zero-order chi connectivity index (χ0) is 40.9. The van der Waals surface area contributed by atoms with Crippen LogP contribution in [0.15, 0.2) is 157 Å². The van der Waals surface area contributed by atoms with Crippen molar-refractivity contribution in [3.8, 4) is 23.0 Å². The van der Waals surface area contributed by atoms with Gasteiger partial charge in [-0.15, -0.1) is 0 Å². The number of hydrogen-bond donors (Lipinski definition) is 0. The Kier molecular flexibility index (Phi) is 11.7. The van der Waals surface area contributed by atoms with Gasteiger partial charge in [0, 0.05) is 18.1 Å². The van der Waals surface area contributed by atoms with Crippen molar-refractivity contribution in [2.24, 2.45) is 11.8 Å². The van der Waals surface area contributed by atoms with Crippen LogP contribution in [0.25, 0.3) is 0 Å². The van der Waals surface area contributed by atoms with Gasteiger partial charge in [0.25, 0.3) is 5.69 Å². The normalized spacial score (nSPS) is 18.0. The molecule has 7 rings (SSSR count). The zero-order valence-electron chi connectivity index (χ0n) is 31.0. The summed E-state index contributed by atoms with van der Waals surface area (Å²) in [6, 6.07) is 37.2. The summed E-state index contributed by atoms with van der Waals surface area (Å²) in [5, 5.41) is 11.2. The van der Waals surface area contributed by atoms with Crippen molar-refractivity contribution >= 4 is 33.2 Å². The van der Waals surface area contributed by atoms with Crippen molar-refractivity contribution in [2.45, 2.75) is 32.6 Å². The number of benzene rings is 5. The van der Waals surface area contributed by atoms with Gasteiger partial charge < -0.3 is 27.4 Å². The molecule has 0 radical (unpaired) electrons. The molecular formula is C41H36N2O13P2. The number of para-hydroxylation sites is 4. The highest BCUT2D eigenvalue weighted by atomic mass is 31.2. The second-order valence-electron chi connectivity index (χ2n) is 13.1. The first-order valence-corrected chi connectivity index (χ1v) is 20.9. The van der Waals surface area contributed by atoms with Gasteiger partial charge in [0.15, 0.2) is 5.70 Å². The maximum atomic E-state index is 14.6. The molecule has 0 aliphatic carbocycles. The van der Waals surface area contributed by atoms with Gasteiger partial charge in [-0.1, -0.05) is 79.7 Å². The van der Waals surface area contributed by atoms with Gasteiger partial charge in [-0.05, 0) is 73.2 Å². The second-order valence-corrected chi connectivity index (χ2v) is 16.1. The Morgan fingerprint density at radius 1 is 0.690 bits per heavy atom. The number of fused-ring (bicyclic) bond motifs is 1. The first kappa shape index (κ1) is 39.8. The smallest absolute Gasteiger partial charge is 0.456 e. The first-order chi connectivity index (χ1) is 27.9. The van der Waals surface area contributed by atoms with E-state index in [1.807, 2.05) is 0 Å². The highest BCUT2D eigenvalue weighted by Gasteiger charge is 2.63. The number of phosphoric ester groups is 2. The summed E-state index contributed by atoms with van der Waals surface area (Å²) in [4.78, 5) is 40.0. The fraction of sp³-hybridized carbons (Fsp3) is 0.171. The van der Waals surface area contributed by atoms with Crippen LogP contribution in [-0.4, -0.2) is 33.8 Å². The van der Waals surface area contributed by atoms with E-state index in [2.05, 4.69) is 0 Å². The number of non-ortho nitro benzene ring substituents is 1. The van der Waals surface area contributed by atoms with Crippen LogP contribution in [-0.2, 0) is 39.1 Å². The van der Waals surface area contributed by atoms with Crippen LogP contribution in [0.4, 0.5) is 5.69 Å². The van der Waals surface area contributed by atoms with Gasteiger partial charge in [0.2, 0.25) is 5.91 Å². The topological polar surface area (TPSA) is 179 Å². The van der Waals surface area contributed by atoms with Gasteiger partial charge in [0.1, 0.15) is 35.4 Å². The Morgan fingerprint density at radius 2 is 1.12 bits per heavy atom. The first-order valence-electron chi connectivity index (χ1n) is 18.0. The minimum absolute atomic E-state index is 0.127. The van der Waals surface area contributed by atoms with Crippen molar-refractivity contribution in [2.75, 3.05) is 0 Å². The number of esters is 1. The van der Waals surface area contributed by atoms with Gasteiger partial charge in [-0.2, -0.15) is 4.57 Å². The summed E-state index contributed by atoms with van der Waals surface area (Å²) in [6.07, 6.45) is -1.14. The number of nitro benzene ring substituents is 1. The molecule has 17 heteroatoms. The van der Waals surface area contributed by atoms with E-state index in [0.29, 0.717) is 5.56 Å². The number of carbonyl (C=O) groups excluding carboxylic acids is 2. The van der Waals surface area contributed by atoms with E-state index in [-0.39, 0.29) is 46.7 Å². The average molecular weight is 827 g/mol. The van der Waals surface area contributed by atoms with Crippen LogP contribution < -0.4 is 18.1 Å². The van der Waals surface area contributed by atoms with E-state index >= 15 is 0 Å². The minimum Gasteiger partial charge on any atom is -0.456 e. The molecule has 58 heavy (non-hydrogen) atoms. The van der Waals surface area contributed by atoms with E-state index < -0.39 is 56.4 Å². The van der Waals surface area contributed by atoms with E-state index in [0.717, 1.165) is 4.90 Å². The third kappa shape index (κ3) is 8.92. The largest absolute Gasteiger partial charge is 0.646 e. The zero-order valence-corrected chi connectivity index (χ0v) is 32.8. The minimum atomic E-state index is -4.70. The second kappa shape index (κ2) is 17.0. The molecule has 0 N–H and O–H groups in total. The summed E-state index contributed by atoms with van der Waals surface area (Å²) in [7, 11) is -9.19. The monoisotopic (exact) mass is 826 g/mol. The van der Waals surface area contributed by atoms with Gasteiger partial charge in [-0.25, -0.2) is 9.36 Å². The molecular weight excluding hydrogens is 790 g/mol. The summed E-state index contributed by atoms with van der Waals surface area (Å²) in [5.41, 5.74) is -0.113. The number of β-lactam (4-membered cyclic amide) rings is 1. The molecule has 298 valence electrons. The summed E-state index contributed by atoms with van der Waals surface area (Å²) < 4.78 is 70.1. The molecule has 1 amide bonds. The van der Waals surface area contributed by atoms with Gasteiger partial charge in [-0.3, -0.25) is 24.3 Å². The number of hydrogen-bond acceptors (Lipinski definition) is 13. The number of carbonyl (C=O) groups is 2. The number of phosphoric acid groups is 2. The van der Waals surface area contributed by atoms with E-state index in [1.165, 1.54) is 55.5 Å². The number of nitro groups is 1. The maximum Gasteiger partial charge on any atom is 0.646 e. The van der Waals surface area contributed by atoms with Crippen LogP contribution in [0.3, 0.4) is 0 Å². The molecule has 0 saturated carbocycles. The molecule has 2 heterocycles.